The fourth-order valence-corrected chi connectivity index (χ4v) is 2.48. The summed E-state index contributed by atoms with van der Waals surface area (Å²) < 4.78 is 26.1. The molecule has 0 N–H and O–H groups in total. The predicted molar refractivity (Wildman–Crippen MR) is 131 cm³/mol. The normalized spacial score (nSPS) is 10.0. The lowest BCUT2D eigenvalue weighted by molar-refractivity contribution is -0.130. The van der Waals surface area contributed by atoms with E-state index in [1.165, 1.54) is 30.3 Å². The molecule has 0 fully saturated rings. The molecule has 0 saturated carbocycles. The van der Waals surface area contributed by atoms with Gasteiger partial charge in [0.05, 0.1) is 0 Å². The Kier molecular flexibility index (Phi) is 10.2. The molecule has 184 valence electrons. The first-order valence-corrected chi connectivity index (χ1v) is 10.2. The van der Waals surface area contributed by atoms with E-state index in [2.05, 4.69) is 26.3 Å². The maximum absolute atomic E-state index is 11.7. The first-order chi connectivity index (χ1) is 17.3. The zero-order valence-corrected chi connectivity index (χ0v) is 19.1. The summed E-state index contributed by atoms with van der Waals surface area (Å²) in [6, 6.07) is 8.63. The van der Waals surface area contributed by atoms with Crippen LogP contribution in [0.1, 0.15) is 5.56 Å². The number of hydrogen-bond donors (Lipinski definition) is 0. The Morgan fingerprint density at radius 3 is 1.64 bits per heavy atom. The first kappa shape index (κ1) is 27.1. The molecule has 0 amide bonds. The fraction of sp³-hybridized carbons (Fsp3) is 0.0370. The van der Waals surface area contributed by atoms with Crippen molar-refractivity contribution in [1.29, 1.82) is 0 Å². The maximum atomic E-state index is 11.7. The van der Waals surface area contributed by atoms with E-state index in [-0.39, 0.29) is 35.4 Å². The second-order valence-electron chi connectivity index (χ2n) is 6.52. The summed E-state index contributed by atoms with van der Waals surface area (Å²) in [5, 5.41) is 0. The van der Waals surface area contributed by atoms with Gasteiger partial charge in [-0.25, -0.2) is 19.2 Å². The van der Waals surface area contributed by atoms with E-state index in [0.29, 0.717) is 5.56 Å². The van der Waals surface area contributed by atoms with Gasteiger partial charge < -0.3 is 23.7 Å². The van der Waals surface area contributed by atoms with Crippen LogP contribution in [0, 0.1) is 0 Å². The van der Waals surface area contributed by atoms with Crippen molar-refractivity contribution in [2.45, 2.75) is 0 Å². The lowest BCUT2D eigenvalue weighted by atomic mass is 10.1. The second-order valence-corrected chi connectivity index (χ2v) is 6.52. The highest BCUT2D eigenvalue weighted by Gasteiger charge is 2.13. The van der Waals surface area contributed by atoms with E-state index >= 15 is 0 Å². The maximum Gasteiger partial charge on any atom is 0.335 e. The minimum atomic E-state index is -0.742. The molecule has 0 aliphatic rings. The van der Waals surface area contributed by atoms with Crippen molar-refractivity contribution in [2.75, 3.05) is 6.61 Å². The Hall–Kier alpha value is -5.18. The minimum absolute atomic E-state index is 0.00310. The summed E-state index contributed by atoms with van der Waals surface area (Å²) in [5.41, 5.74) is 0.470. The average molecular weight is 490 g/mol. The quantitative estimate of drug-likeness (QED) is 0.246. The number of benzene rings is 2. The van der Waals surface area contributed by atoms with Crippen LogP contribution in [-0.4, -0.2) is 30.5 Å². The van der Waals surface area contributed by atoms with Crippen LogP contribution in [-0.2, 0) is 19.2 Å². The fourth-order valence-electron chi connectivity index (χ4n) is 2.48. The summed E-state index contributed by atoms with van der Waals surface area (Å²) in [4.78, 5) is 46.3. The number of carbonyl (C=O) groups is 4. The van der Waals surface area contributed by atoms with Gasteiger partial charge in [-0.15, -0.1) is 0 Å². The monoisotopic (exact) mass is 490 g/mol. The van der Waals surface area contributed by atoms with Crippen LogP contribution in [0.2, 0.25) is 0 Å². The molecule has 2 aromatic carbocycles. The summed E-state index contributed by atoms with van der Waals surface area (Å²) >= 11 is 0. The molecule has 0 atom stereocenters. The molecular formula is C27H22O9. The van der Waals surface area contributed by atoms with Crippen molar-refractivity contribution in [2.24, 2.45) is 0 Å². The van der Waals surface area contributed by atoms with E-state index in [4.69, 9.17) is 23.7 Å². The Bertz CT molecular complexity index is 1240. The summed E-state index contributed by atoms with van der Waals surface area (Å²) in [7, 11) is 0. The summed E-state index contributed by atoms with van der Waals surface area (Å²) in [6.45, 7) is 13.3. The molecule has 0 aromatic heterocycles. The Balaban J connectivity index is 2.21. The zero-order valence-electron chi connectivity index (χ0n) is 19.1. The average Bonchev–Trinajstić information content (AvgIpc) is 2.88. The largest absolute Gasteiger partial charge is 0.486 e. The van der Waals surface area contributed by atoms with Crippen molar-refractivity contribution in [1.82, 2.24) is 0 Å². The molecule has 2 aromatic rings. The van der Waals surface area contributed by atoms with Crippen molar-refractivity contribution >= 4 is 30.0 Å². The molecule has 0 spiro atoms. The molecule has 0 saturated heterocycles. The molecule has 0 heterocycles. The second kappa shape index (κ2) is 13.5. The van der Waals surface area contributed by atoms with Crippen molar-refractivity contribution in [3.8, 4) is 28.7 Å². The van der Waals surface area contributed by atoms with Gasteiger partial charge in [0.15, 0.2) is 11.5 Å². The van der Waals surface area contributed by atoms with Gasteiger partial charge in [-0.05, 0) is 30.3 Å². The third kappa shape index (κ3) is 8.31. The van der Waals surface area contributed by atoms with Crippen LogP contribution in [0.15, 0.2) is 93.1 Å². The van der Waals surface area contributed by atoms with Crippen LogP contribution in [0.4, 0.5) is 0 Å². The Labute approximate surface area is 207 Å². The van der Waals surface area contributed by atoms with Crippen LogP contribution in [0.5, 0.6) is 28.7 Å². The smallest absolute Gasteiger partial charge is 0.335 e. The molecule has 0 bridgehead atoms. The molecule has 2 rings (SSSR count). The van der Waals surface area contributed by atoms with E-state index in [1.807, 2.05) is 0 Å². The third-order valence-electron chi connectivity index (χ3n) is 4.06. The van der Waals surface area contributed by atoms with Gasteiger partial charge in [0, 0.05) is 42.0 Å². The van der Waals surface area contributed by atoms with Gasteiger partial charge >= 0.3 is 23.9 Å². The lowest BCUT2D eigenvalue weighted by Crippen LogP contribution is -2.07. The number of hydrogen-bond acceptors (Lipinski definition) is 9. The van der Waals surface area contributed by atoms with Gasteiger partial charge in [0.1, 0.15) is 23.9 Å². The molecule has 0 aliphatic heterocycles. The highest BCUT2D eigenvalue weighted by molar-refractivity contribution is 5.86. The van der Waals surface area contributed by atoms with Crippen LogP contribution < -0.4 is 23.7 Å². The zero-order chi connectivity index (χ0) is 26.5. The Morgan fingerprint density at radius 2 is 1.08 bits per heavy atom. The Morgan fingerprint density at radius 1 is 0.611 bits per heavy atom. The van der Waals surface area contributed by atoms with Crippen LogP contribution in [0.3, 0.4) is 0 Å². The van der Waals surface area contributed by atoms with Crippen LogP contribution in [0.25, 0.3) is 6.08 Å². The molecule has 0 radical (unpaired) electrons. The van der Waals surface area contributed by atoms with Gasteiger partial charge in [-0.1, -0.05) is 32.4 Å². The third-order valence-corrected chi connectivity index (χ3v) is 4.06. The van der Waals surface area contributed by atoms with Crippen molar-refractivity contribution in [3.63, 3.8) is 0 Å². The summed E-state index contributed by atoms with van der Waals surface area (Å²) in [5.74, 6) is -2.27. The lowest BCUT2D eigenvalue weighted by Gasteiger charge is -2.11. The van der Waals surface area contributed by atoms with Crippen LogP contribution >= 0.6 is 0 Å². The predicted octanol–water partition coefficient (Wildman–Crippen LogP) is 4.14. The molecule has 9 heteroatoms. The topological polar surface area (TPSA) is 114 Å². The number of rotatable bonds is 12. The van der Waals surface area contributed by atoms with Crippen molar-refractivity contribution in [3.05, 3.63) is 98.7 Å². The van der Waals surface area contributed by atoms with Gasteiger partial charge in [0.2, 0.25) is 0 Å². The van der Waals surface area contributed by atoms with E-state index < -0.39 is 23.9 Å². The standard InChI is InChI=1S/C27H22O9/c1-5-24(28)33-19-12-11-18(22(16-19)35-26(30)7-3)10-9-15-32-21-14-13-20(34-25(29)6-2)17-23(21)36-27(31)8-4/h5-14,16-17H,1-4,15H2. The molecule has 0 unspecified atom stereocenters. The van der Waals surface area contributed by atoms with Gasteiger partial charge in [0.25, 0.3) is 0 Å². The number of esters is 4. The molecule has 0 aliphatic carbocycles. The summed E-state index contributed by atoms with van der Waals surface area (Å²) in [6.07, 6.45) is 7.13. The number of ether oxygens (including phenoxy) is 5. The van der Waals surface area contributed by atoms with Gasteiger partial charge in [-0.2, -0.15) is 0 Å². The number of carbonyl (C=O) groups excluding carboxylic acids is 4. The molecular weight excluding hydrogens is 468 g/mol. The highest BCUT2D eigenvalue weighted by Crippen LogP contribution is 2.32. The molecule has 36 heavy (non-hydrogen) atoms. The van der Waals surface area contributed by atoms with Gasteiger partial charge in [-0.3, -0.25) is 0 Å². The van der Waals surface area contributed by atoms with E-state index in [1.54, 1.807) is 18.2 Å². The van der Waals surface area contributed by atoms with E-state index in [0.717, 1.165) is 24.3 Å². The molecule has 9 nitrogen and oxygen atoms in total. The highest BCUT2D eigenvalue weighted by atomic mass is 16.6. The SMILES string of the molecule is C=CC(=O)Oc1ccc(C=CCOc2ccc(OC(=O)C=C)cc2OC(=O)C=C)c(OC(=O)C=C)c1. The minimum Gasteiger partial charge on any atom is -0.486 e. The first-order valence-electron chi connectivity index (χ1n) is 10.2. The van der Waals surface area contributed by atoms with E-state index in [9.17, 15) is 19.2 Å². The van der Waals surface area contributed by atoms with Crippen molar-refractivity contribution < 1.29 is 42.9 Å².